The molecule has 0 heterocycles. The maximum absolute atomic E-state index is 4.77. The van der Waals surface area contributed by atoms with Crippen molar-refractivity contribution in [2.24, 2.45) is 0 Å². The fourth-order valence-corrected chi connectivity index (χ4v) is 36.1. The molecular weight excluding hydrogens is 456 g/mol. The molecule has 2 aliphatic rings. The molecule has 2 heteroatoms. The van der Waals surface area contributed by atoms with E-state index in [-0.39, 0.29) is 0 Å². The van der Waals surface area contributed by atoms with Crippen LogP contribution >= 0.6 is 0 Å². The summed E-state index contributed by atoms with van der Waals surface area (Å²) in [7, 11) is 0. The predicted molar refractivity (Wildman–Crippen MR) is 133 cm³/mol. The standard InChI is InChI=1S/2C7H7.2C6H7.2CH3.H2Si.Zr/c2*1-7-5-3-2-4-6-7;2*1-6-4-2-3-5-6;;;;/h2*2-6H,1H2;2*4-5H,2H2,1H3;2*1H3;1H2;. The average molecular weight is 492 g/mol. The Kier molecular flexibility index (Phi) is 4.54. The molecule has 0 radical (unpaired) electrons. The normalized spacial score (nSPS) is 20.2. The van der Waals surface area contributed by atoms with Gasteiger partial charge in [-0.25, -0.2) is 0 Å². The molecule has 156 valence electrons. The van der Waals surface area contributed by atoms with Crippen molar-refractivity contribution in [2.75, 3.05) is 0 Å². The molecule has 0 amide bonds. The Hall–Kier alpha value is -1.50. The molecule has 4 rings (SSSR count). The van der Waals surface area contributed by atoms with E-state index in [9.17, 15) is 0 Å². The van der Waals surface area contributed by atoms with Gasteiger partial charge in [0.1, 0.15) is 0 Å². The van der Waals surface area contributed by atoms with Crippen LogP contribution in [0.15, 0.2) is 103 Å². The Morgan fingerprint density at radius 1 is 0.667 bits per heavy atom. The summed E-state index contributed by atoms with van der Waals surface area (Å²) >= 11 is -4.77. The molecule has 0 unspecified atom stereocenters. The molecule has 0 aromatic heterocycles. The maximum atomic E-state index is 2.77. The van der Waals surface area contributed by atoms with Gasteiger partial charge in [0, 0.05) is 0 Å². The van der Waals surface area contributed by atoms with Gasteiger partial charge in [-0.2, -0.15) is 0 Å². The van der Waals surface area contributed by atoms with Crippen molar-refractivity contribution in [2.45, 2.75) is 44.2 Å². The van der Waals surface area contributed by atoms with Gasteiger partial charge in [0.15, 0.2) is 0 Å². The number of allylic oxidation sites excluding steroid dienone is 8. The van der Waals surface area contributed by atoms with Crippen LogP contribution in [0.1, 0.15) is 37.8 Å². The number of rotatable bonds is 6. The third kappa shape index (κ3) is 3.28. The zero-order valence-corrected chi connectivity index (χ0v) is 23.0. The van der Waals surface area contributed by atoms with E-state index in [1.807, 2.05) is 0 Å². The van der Waals surface area contributed by atoms with E-state index in [2.05, 4.69) is 115 Å². The van der Waals surface area contributed by atoms with Gasteiger partial charge in [0.25, 0.3) is 0 Å². The van der Waals surface area contributed by atoms with Crippen molar-refractivity contribution in [1.29, 1.82) is 0 Å². The molecule has 0 saturated carbocycles. The van der Waals surface area contributed by atoms with Gasteiger partial charge in [-0.1, -0.05) is 0 Å². The second-order valence-electron chi connectivity index (χ2n) is 12.5. The summed E-state index contributed by atoms with van der Waals surface area (Å²) < 4.78 is 11.3. The fraction of sp³-hybridized carbons (Fsp3) is 0.286. The number of hydrogen-bond acceptors (Lipinski definition) is 0. The van der Waals surface area contributed by atoms with Gasteiger partial charge in [0.2, 0.25) is 0 Å². The van der Waals surface area contributed by atoms with Crippen molar-refractivity contribution in [1.82, 2.24) is 0 Å². The Balaban J connectivity index is 2.10. The Labute approximate surface area is 178 Å². The Morgan fingerprint density at radius 3 is 1.33 bits per heavy atom. The first kappa shape index (κ1) is 21.7. The Bertz CT molecular complexity index is 1160. The van der Waals surface area contributed by atoms with E-state index in [1.54, 1.807) is 6.56 Å². The van der Waals surface area contributed by atoms with Crippen LogP contribution in [0.4, 0.5) is 0 Å². The summed E-state index contributed by atoms with van der Waals surface area (Å²) in [5.74, 6) is 0. The van der Waals surface area contributed by atoms with E-state index in [1.165, 1.54) is 22.3 Å². The van der Waals surface area contributed by atoms with Crippen LogP contribution in [0, 0.1) is 0 Å². The van der Waals surface area contributed by atoms with E-state index < -0.39 is 14.4 Å². The molecule has 2 aromatic rings. The summed E-state index contributed by atoms with van der Waals surface area (Å²) in [6.07, 6.45) is 12.2. The zero-order valence-electron chi connectivity index (χ0n) is 19.1. The number of benzene rings is 2. The van der Waals surface area contributed by atoms with Crippen molar-refractivity contribution in [3.05, 3.63) is 114 Å². The van der Waals surface area contributed by atoms with E-state index in [0.29, 0.717) is 0 Å². The molecule has 0 atom stereocenters. The second-order valence-corrected chi connectivity index (χ2v) is 63.2. The van der Waals surface area contributed by atoms with Crippen LogP contribution in [-0.4, -0.2) is 6.88 Å². The first-order chi connectivity index (χ1) is 14.0. The van der Waals surface area contributed by atoms with Gasteiger partial charge in [-0.05, 0) is 0 Å². The topological polar surface area (TPSA) is 0 Å². The molecule has 0 nitrogen and oxygen atoms in total. The second kappa shape index (κ2) is 6.27. The molecule has 0 N–H and O–H groups in total. The van der Waals surface area contributed by atoms with Gasteiger partial charge in [0.05, 0.1) is 0 Å². The van der Waals surface area contributed by atoms with Crippen LogP contribution < -0.4 is 0 Å². The summed E-state index contributed by atoms with van der Waals surface area (Å²) in [5, 5.41) is 0. The van der Waals surface area contributed by atoms with E-state index >= 15 is 0 Å². The molecule has 0 aliphatic heterocycles. The van der Waals surface area contributed by atoms with Gasteiger partial charge >= 0.3 is 179 Å². The molecule has 0 bridgehead atoms. The SMILES string of the molecule is CC1=CC[C]([Zr]([CH3])([CH3])(=[SiH2])([CH2]c2ccccc2)([CH2]c2ccccc2)[C]2=CC(C)=CC2)=C1. The van der Waals surface area contributed by atoms with Crippen LogP contribution in [-0.2, 0) is 22.7 Å². The predicted octanol–water partition coefficient (Wildman–Crippen LogP) is 7.26. The third-order valence-electron chi connectivity index (χ3n) is 8.71. The van der Waals surface area contributed by atoms with Crippen molar-refractivity contribution in [3.63, 3.8) is 0 Å². The van der Waals surface area contributed by atoms with E-state index in [0.717, 1.165) is 21.1 Å². The molecular formula is C28H36SiZr. The summed E-state index contributed by atoms with van der Waals surface area (Å²) in [6.45, 7) is 6.99. The first-order valence-corrected chi connectivity index (χ1v) is 28.1. The quantitative estimate of drug-likeness (QED) is 0.373. The molecule has 2 aromatic carbocycles. The van der Waals surface area contributed by atoms with Crippen molar-refractivity contribution >= 4 is 6.88 Å². The minimum atomic E-state index is -4.77. The van der Waals surface area contributed by atoms with E-state index in [4.69, 9.17) is 0 Å². The van der Waals surface area contributed by atoms with Crippen LogP contribution in [0.5, 0.6) is 0 Å². The molecule has 30 heavy (non-hydrogen) atoms. The third-order valence-corrected chi connectivity index (χ3v) is 43.0. The molecule has 0 spiro atoms. The van der Waals surface area contributed by atoms with Gasteiger partial charge in [-0.3, -0.25) is 0 Å². The molecule has 0 saturated heterocycles. The van der Waals surface area contributed by atoms with Crippen molar-refractivity contribution < 1.29 is 14.4 Å². The van der Waals surface area contributed by atoms with Crippen molar-refractivity contribution in [3.8, 4) is 0 Å². The molecule has 0 fully saturated rings. The summed E-state index contributed by atoms with van der Waals surface area (Å²) in [5.41, 5.74) is 5.82. The van der Waals surface area contributed by atoms with Crippen LogP contribution in [0.2, 0.25) is 9.26 Å². The van der Waals surface area contributed by atoms with Gasteiger partial charge in [-0.15, -0.1) is 0 Å². The zero-order chi connectivity index (χ0) is 21.6. The monoisotopic (exact) mass is 490 g/mol. The molecule has 2 aliphatic carbocycles. The number of hydrogen-bond donors (Lipinski definition) is 0. The summed E-state index contributed by atoms with van der Waals surface area (Å²) in [6, 6.07) is 22.5. The minimum absolute atomic E-state index is 1.10. The Morgan fingerprint density at radius 2 is 1.03 bits per heavy atom. The van der Waals surface area contributed by atoms with Crippen LogP contribution in [0.25, 0.3) is 0 Å². The fourth-order valence-electron chi connectivity index (χ4n) is 6.65. The summed E-state index contributed by atoms with van der Waals surface area (Å²) in [4.78, 5) is 0. The average Bonchev–Trinajstić information content (AvgIpc) is 3.33. The van der Waals surface area contributed by atoms with Gasteiger partial charge < -0.3 is 0 Å². The first-order valence-electron chi connectivity index (χ1n) is 11.3. The van der Waals surface area contributed by atoms with Crippen LogP contribution in [0.3, 0.4) is 0 Å².